The summed E-state index contributed by atoms with van der Waals surface area (Å²) in [6, 6.07) is 0. The van der Waals surface area contributed by atoms with Gasteiger partial charge in [0.2, 0.25) is 0 Å². The highest BCUT2D eigenvalue weighted by Gasteiger charge is 2.30. The van der Waals surface area contributed by atoms with Crippen molar-refractivity contribution >= 4 is 0 Å². The van der Waals surface area contributed by atoms with Crippen LogP contribution in [0.15, 0.2) is 12.5 Å². The van der Waals surface area contributed by atoms with Crippen LogP contribution in [0.3, 0.4) is 0 Å². The third-order valence-electron chi connectivity index (χ3n) is 2.74. The first-order chi connectivity index (χ1) is 5.81. The maximum Gasteiger partial charge on any atom is 0.0921 e. The highest BCUT2D eigenvalue weighted by atomic mass is 16.5. The van der Waals surface area contributed by atoms with Gasteiger partial charge in [-0.05, 0) is 12.8 Å². The molecule has 2 rings (SSSR count). The zero-order valence-electron chi connectivity index (χ0n) is 7.34. The van der Waals surface area contributed by atoms with Crippen molar-refractivity contribution in [1.82, 2.24) is 9.97 Å². The molecular formula is C9H14N2O. The van der Waals surface area contributed by atoms with Crippen molar-refractivity contribution in [3.05, 3.63) is 18.2 Å². The van der Waals surface area contributed by atoms with Crippen LogP contribution in [0.1, 0.15) is 25.5 Å². The van der Waals surface area contributed by atoms with Crippen molar-refractivity contribution in [2.75, 3.05) is 13.2 Å². The van der Waals surface area contributed by atoms with Crippen LogP contribution in [0, 0.1) is 0 Å². The number of nitrogens with one attached hydrogen (secondary N) is 1. The quantitative estimate of drug-likeness (QED) is 0.686. The Morgan fingerprint density at radius 3 is 2.83 bits per heavy atom. The molecule has 0 unspecified atom stereocenters. The van der Waals surface area contributed by atoms with Gasteiger partial charge in [0, 0.05) is 30.5 Å². The van der Waals surface area contributed by atoms with Gasteiger partial charge in [0.25, 0.3) is 0 Å². The van der Waals surface area contributed by atoms with Gasteiger partial charge in [-0.2, -0.15) is 0 Å². The molecule has 0 amide bonds. The number of nitrogens with zero attached hydrogens (tertiary/aromatic N) is 1. The second kappa shape index (κ2) is 2.90. The molecule has 0 bridgehead atoms. The van der Waals surface area contributed by atoms with Crippen LogP contribution in [0.4, 0.5) is 0 Å². The third-order valence-corrected chi connectivity index (χ3v) is 2.74. The maximum atomic E-state index is 5.33. The SMILES string of the molecule is CC1(c2cnc[nH]2)CCOCC1. The Labute approximate surface area is 72.2 Å². The number of aromatic nitrogens is 2. The lowest BCUT2D eigenvalue weighted by Crippen LogP contribution is -2.30. The molecule has 1 aliphatic heterocycles. The number of aromatic amines is 1. The normalized spacial score (nSPS) is 22.4. The third kappa shape index (κ3) is 1.25. The summed E-state index contributed by atoms with van der Waals surface area (Å²) >= 11 is 0. The average Bonchev–Trinajstić information content (AvgIpc) is 2.58. The molecule has 1 aromatic rings. The zero-order valence-corrected chi connectivity index (χ0v) is 7.34. The molecule has 1 aromatic heterocycles. The molecule has 0 saturated carbocycles. The minimum absolute atomic E-state index is 0.259. The van der Waals surface area contributed by atoms with E-state index in [2.05, 4.69) is 16.9 Å². The van der Waals surface area contributed by atoms with Crippen LogP contribution in [-0.2, 0) is 10.2 Å². The van der Waals surface area contributed by atoms with Gasteiger partial charge in [-0.3, -0.25) is 0 Å². The zero-order chi connectivity index (χ0) is 8.44. The van der Waals surface area contributed by atoms with E-state index in [4.69, 9.17) is 4.74 Å². The molecule has 0 aromatic carbocycles. The van der Waals surface area contributed by atoms with E-state index in [1.807, 2.05) is 6.20 Å². The monoisotopic (exact) mass is 166 g/mol. The number of rotatable bonds is 1. The first-order valence-corrected chi connectivity index (χ1v) is 4.38. The number of imidazole rings is 1. The first kappa shape index (κ1) is 7.80. The summed E-state index contributed by atoms with van der Waals surface area (Å²) in [6.07, 6.45) is 5.85. The van der Waals surface area contributed by atoms with Crippen molar-refractivity contribution < 1.29 is 4.74 Å². The summed E-state index contributed by atoms with van der Waals surface area (Å²) < 4.78 is 5.33. The molecule has 12 heavy (non-hydrogen) atoms. The molecule has 1 saturated heterocycles. The summed E-state index contributed by atoms with van der Waals surface area (Å²) in [6.45, 7) is 4.01. The van der Waals surface area contributed by atoms with Crippen LogP contribution < -0.4 is 0 Å². The van der Waals surface area contributed by atoms with Crippen molar-refractivity contribution in [2.24, 2.45) is 0 Å². The molecule has 1 aliphatic rings. The fourth-order valence-corrected chi connectivity index (χ4v) is 1.68. The molecule has 1 fully saturated rings. The molecule has 0 radical (unpaired) electrons. The van der Waals surface area contributed by atoms with Crippen molar-refractivity contribution in [1.29, 1.82) is 0 Å². The molecule has 1 N–H and O–H groups in total. The predicted octanol–water partition coefficient (Wildman–Crippen LogP) is 1.48. The first-order valence-electron chi connectivity index (χ1n) is 4.38. The summed E-state index contributed by atoms with van der Waals surface area (Å²) in [5.41, 5.74) is 1.50. The second-order valence-electron chi connectivity index (χ2n) is 3.64. The number of hydrogen-bond donors (Lipinski definition) is 1. The van der Waals surface area contributed by atoms with Crippen LogP contribution in [-0.4, -0.2) is 23.2 Å². The lowest BCUT2D eigenvalue weighted by molar-refractivity contribution is 0.0552. The number of ether oxygens (including phenoxy) is 1. The Kier molecular flexibility index (Phi) is 1.89. The van der Waals surface area contributed by atoms with Gasteiger partial charge in [-0.25, -0.2) is 4.98 Å². The van der Waals surface area contributed by atoms with Gasteiger partial charge >= 0.3 is 0 Å². The lowest BCUT2D eigenvalue weighted by Gasteiger charge is -2.32. The van der Waals surface area contributed by atoms with Crippen molar-refractivity contribution in [3.63, 3.8) is 0 Å². The smallest absolute Gasteiger partial charge is 0.0921 e. The van der Waals surface area contributed by atoms with Gasteiger partial charge in [0.05, 0.1) is 6.33 Å². The summed E-state index contributed by atoms with van der Waals surface area (Å²) in [7, 11) is 0. The average molecular weight is 166 g/mol. The molecule has 2 heterocycles. The standard InChI is InChI=1S/C9H14N2O/c1-9(2-4-12-5-3-9)8-6-10-7-11-8/h6-7H,2-5H2,1H3,(H,10,11). The summed E-state index contributed by atoms with van der Waals surface area (Å²) in [5, 5.41) is 0. The topological polar surface area (TPSA) is 37.9 Å². The minimum Gasteiger partial charge on any atom is -0.381 e. The Morgan fingerprint density at radius 1 is 1.50 bits per heavy atom. The van der Waals surface area contributed by atoms with E-state index in [-0.39, 0.29) is 5.41 Å². The Hall–Kier alpha value is -0.830. The lowest BCUT2D eigenvalue weighted by atomic mass is 9.80. The highest BCUT2D eigenvalue weighted by molar-refractivity contribution is 5.12. The van der Waals surface area contributed by atoms with E-state index in [1.54, 1.807) is 6.33 Å². The summed E-state index contributed by atoms with van der Waals surface area (Å²) in [5.74, 6) is 0. The molecule has 0 spiro atoms. The fourth-order valence-electron chi connectivity index (χ4n) is 1.68. The molecule has 3 heteroatoms. The van der Waals surface area contributed by atoms with E-state index in [0.29, 0.717) is 0 Å². The van der Waals surface area contributed by atoms with Gasteiger partial charge in [0.15, 0.2) is 0 Å². The van der Waals surface area contributed by atoms with Gasteiger partial charge in [0.1, 0.15) is 0 Å². The van der Waals surface area contributed by atoms with E-state index < -0.39 is 0 Å². The fraction of sp³-hybridized carbons (Fsp3) is 0.667. The maximum absolute atomic E-state index is 5.33. The van der Waals surface area contributed by atoms with Crippen LogP contribution in [0.2, 0.25) is 0 Å². The van der Waals surface area contributed by atoms with E-state index in [0.717, 1.165) is 26.1 Å². The predicted molar refractivity (Wildman–Crippen MR) is 46.0 cm³/mol. The van der Waals surface area contributed by atoms with E-state index >= 15 is 0 Å². The number of H-pyrrole nitrogens is 1. The van der Waals surface area contributed by atoms with Gasteiger partial charge < -0.3 is 9.72 Å². The summed E-state index contributed by atoms with van der Waals surface area (Å²) in [4.78, 5) is 7.23. The largest absolute Gasteiger partial charge is 0.381 e. The van der Waals surface area contributed by atoms with Crippen molar-refractivity contribution in [2.45, 2.75) is 25.2 Å². The molecule has 66 valence electrons. The molecule has 0 aliphatic carbocycles. The highest BCUT2D eigenvalue weighted by Crippen LogP contribution is 2.32. The van der Waals surface area contributed by atoms with E-state index in [1.165, 1.54) is 5.69 Å². The van der Waals surface area contributed by atoms with Gasteiger partial charge in [-0.15, -0.1) is 0 Å². The molecule has 0 atom stereocenters. The Bertz CT molecular complexity index is 237. The van der Waals surface area contributed by atoms with Crippen LogP contribution >= 0.6 is 0 Å². The van der Waals surface area contributed by atoms with E-state index in [9.17, 15) is 0 Å². The van der Waals surface area contributed by atoms with Gasteiger partial charge in [-0.1, -0.05) is 6.92 Å². The minimum atomic E-state index is 0.259. The van der Waals surface area contributed by atoms with Crippen LogP contribution in [0.25, 0.3) is 0 Å². The molecular weight excluding hydrogens is 152 g/mol. The number of hydrogen-bond acceptors (Lipinski definition) is 2. The van der Waals surface area contributed by atoms with Crippen molar-refractivity contribution in [3.8, 4) is 0 Å². The Balaban J connectivity index is 2.19. The second-order valence-corrected chi connectivity index (χ2v) is 3.64. The van der Waals surface area contributed by atoms with Crippen LogP contribution in [0.5, 0.6) is 0 Å². The Morgan fingerprint density at radius 2 is 2.25 bits per heavy atom. The molecule has 3 nitrogen and oxygen atoms in total.